The van der Waals surface area contributed by atoms with E-state index in [-0.39, 0.29) is 36.3 Å². The lowest BCUT2D eigenvalue weighted by molar-refractivity contribution is -0.144. The summed E-state index contributed by atoms with van der Waals surface area (Å²) in [5, 5.41) is 11.2. The Hall–Kier alpha value is -2.42. The van der Waals surface area contributed by atoms with Crippen molar-refractivity contribution in [3.8, 4) is 6.07 Å². The summed E-state index contributed by atoms with van der Waals surface area (Å²) < 4.78 is 18.2. The molecule has 0 spiro atoms. The van der Waals surface area contributed by atoms with Crippen LogP contribution in [-0.2, 0) is 14.3 Å². The van der Waals surface area contributed by atoms with E-state index >= 15 is 0 Å². The van der Waals surface area contributed by atoms with Gasteiger partial charge in [0.25, 0.3) is 0 Å². The molecule has 5 nitrogen and oxygen atoms in total. The Morgan fingerprint density at radius 1 is 1.40 bits per heavy atom. The molecule has 106 valence electrons. The quantitative estimate of drug-likeness (QED) is 0.838. The van der Waals surface area contributed by atoms with E-state index in [9.17, 15) is 14.0 Å². The van der Waals surface area contributed by atoms with Crippen LogP contribution in [-0.4, -0.2) is 18.5 Å². The largest absolute Gasteiger partial charge is 0.466 e. The maximum atomic E-state index is 13.5. The van der Waals surface area contributed by atoms with Gasteiger partial charge in [0.15, 0.2) is 0 Å². The minimum atomic E-state index is -0.565. The third-order valence-corrected chi connectivity index (χ3v) is 2.61. The van der Waals surface area contributed by atoms with Gasteiger partial charge in [-0.1, -0.05) is 0 Å². The van der Waals surface area contributed by atoms with Crippen LogP contribution in [0, 0.1) is 24.1 Å². The molecular formula is C14H15FN2O3. The first kappa shape index (κ1) is 15.6. The number of nitrogens with one attached hydrogen (secondary N) is 1. The highest BCUT2D eigenvalue weighted by molar-refractivity contribution is 5.93. The third kappa shape index (κ3) is 4.35. The number of hydrogen-bond acceptors (Lipinski definition) is 4. The second-order valence-corrected chi connectivity index (χ2v) is 4.10. The number of ether oxygens (including phenoxy) is 1. The number of esters is 1. The molecule has 0 atom stereocenters. The highest BCUT2D eigenvalue weighted by atomic mass is 19.1. The molecule has 0 saturated heterocycles. The molecule has 0 saturated carbocycles. The van der Waals surface area contributed by atoms with Gasteiger partial charge in [0.2, 0.25) is 5.91 Å². The zero-order valence-corrected chi connectivity index (χ0v) is 11.3. The van der Waals surface area contributed by atoms with Crippen molar-refractivity contribution in [2.75, 3.05) is 11.9 Å². The van der Waals surface area contributed by atoms with Gasteiger partial charge in [0, 0.05) is 17.7 Å². The molecule has 0 aliphatic rings. The monoisotopic (exact) mass is 278 g/mol. The van der Waals surface area contributed by atoms with Crippen LogP contribution < -0.4 is 5.32 Å². The molecule has 0 unspecified atom stereocenters. The van der Waals surface area contributed by atoms with Crippen LogP contribution in [0.5, 0.6) is 0 Å². The number of carbonyl (C=O) groups is 2. The Morgan fingerprint density at radius 2 is 2.10 bits per heavy atom. The van der Waals surface area contributed by atoms with Crippen LogP contribution in [0.4, 0.5) is 10.1 Å². The molecule has 1 N–H and O–H groups in total. The SMILES string of the molecule is CCOC(=O)CCC(=O)Nc1cc(C#N)cc(F)c1C. The predicted molar refractivity (Wildman–Crippen MR) is 70.3 cm³/mol. The van der Waals surface area contributed by atoms with Gasteiger partial charge in [0.05, 0.1) is 24.7 Å². The van der Waals surface area contributed by atoms with Gasteiger partial charge in [0.1, 0.15) is 5.82 Å². The molecule has 0 fully saturated rings. The molecule has 0 aliphatic heterocycles. The average molecular weight is 278 g/mol. The Bertz CT molecular complexity index is 564. The standard InChI is InChI=1S/C14H15FN2O3/c1-3-20-14(19)5-4-13(18)17-12-7-10(8-16)6-11(15)9(12)2/h6-7H,3-5H2,1-2H3,(H,17,18). The molecule has 0 aromatic heterocycles. The summed E-state index contributed by atoms with van der Waals surface area (Å²) in [5.41, 5.74) is 0.595. The summed E-state index contributed by atoms with van der Waals surface area (Å²) in [7, 11) is 0. The molecule has 1 aromatic rings. The Labute approximate surface area is 116 Å². The Morgan fingerprint density at radius 3 is 2.70 bits per heavy atom. The van der Waals surface area contributed by atoms with Gasteiger partial charge in [-0.2, -0.15) is 5.26 Å². The lowest BCUT2D eigenvalue weighted by Gasteiger charge is -2.09. The van der Waals surface area contributed by atoms with E-state index in [1.54, 1.807) is 6.92 Å². The number of benzene rings is 1. The summed E-state index contributed by atoms with van der Waals surface area (Å²) in [6.07, 6.45) is -0.101. The summed E-state index contributed by atoms with van der Waals surface area (Å²) >= 11 is 0. The number of halogens is 1. The number of rotatable bonds is 5. The van der Waals surface area contributed by atoms with Crippen molar-refractivity contribution in [3.63, 3.8) is 0 Å². The zero-order valence-electron chi connectivity index (χ0n) is 11.3. The fourth-order valence-corrected chi connectivity index (χ4v) is 1.53. The summed E-state index contributed by atoms with van der Waals surface area (Å²) in [6.45, 7) is 3.43. The van der Waals surface area contributed by atoms with Gasteiger partial charge in [-0.25, -0.2) is 4.39 Å². The highest BCUT2D eigenvalue weighted by Crippen LogP contribution is 2.20. The highest BCUT2D eigenvalue weighted by Gasteiger charge is 2.12. The third-order valence-electron chi connectivity index (χ3n) is 2.61. The number of nitriles is 1. The van der Waals surface area contributed by atoms with Crippen molar-refractivity contribution < 1.29 is 18.7 Å². The second kappa shape index (κ2) is 7.24. The Balaban J connectivity index is 2.69. The molecule has 1 rings (SSSR count). The average Bonchev–Trinajstić information content (AvgIpc) is 2.41. The van der Waals surface area contributed by atoms with Crippen molar-refractivity contribution in [3.05, 3.63) is 29.1 Å². The van der Waals surface area contributed by atoms with E-state index in [1.807, 2.05) is 6.07 Å². The lowest BCUT2D eigenvalue weighted by atomic mass is 10.1. The van der Waals surface area contributed by atoms with E-state index in [4.69, 9.17) is 10.00 Å². The van der Waals surface area contributed by atoms with Crippen molar-refractivity contribution >= 4 is 17.6 Å². The number of carbonyl (C=O) groups excluding carboxylic acids is 2. The minimum Gasteiger partial charge on any atom is -0.466 e. The fourth-order valence-electron chi connectivity index (χ4n) is 1.53. The predicted octanol–water partition coefficient (Wildman–Crippen LogP) is 2.29. The molecular weight excluding hydrogens is 263 g/mol. The van der Waals surface area contributed by atoms with Crippen molar-refractivity contribution in [2.24, 2.45) is 0 Å². The van der Waals surface area contributed by atoms with Gasteiger partial charge >= 0.3 is 5.97 Å². The zero-order chi connectivity index (χ0) is 15.1. The fraction of sp³-hybridized carbons (Fsp3) is 0.357. The number of anilines is 1. The molecule has 1 amide bonds. The first-order valence-electron chi connectivity index (χ1n) is 6.13. The number of hydrogen-bond donors (Lipinski definition) is 1. The maximum absolute atomic E-state index is 13.5. The van der Waals surface area contributed by atoms with Crippen LogP contribution in [0.2, 0.25) is 0 Å². The molecule has 0 heterocycles. The van der Waals surface area contributed by atoms with Gasteiger partial charge < -0.3 is 10.1 Å². The molecule has 20 heavy (non-hydrogen) atoms. The molecule has 6 heteroatoms. The van der Waals surface area contributed by atoms with Gasteiger partial charge in [-0.15, -0.1) is 0 Å². The van der Waals surface area contributed by atoms with Crippen LogP contribution in [0.15, 0.2) is 12.1 Å². The number of amides is 1. The Kier molecular flexibility index (Phi) is 5.66. The molecule has 0 aliphatic carbocycles. The topological polar surface area (TPSA) is 79.2 Å². The minimum absolute atomic E-state index is 0.0425. The normalized spacial score (nSPS) is 9.70. The first-order valence-corrected chi connectivity index (χ1v) is 6.13. The van der Waals surface area contributed by atoms with Gasteiger partial charge in [-0.05, 0) is 26.0 Å². The first-order chi connectivity index (χ1) is 9.47. The van der Waals surface area contributed by atoms with Crippen LogP contribution in [0.1, 0.15) is 30.9 Å². The van der Waals surface area contributed by atoms with E-state index < -0.39 is 17.7 Å². The lowest BCUT2D eigenvalue weighted by Crippen LogP contribution is -2.15. The van der Waals surface area contributed by atoms with Crippen LogP contribution in [0.25, 0.3) is 0 Å². The summed E-state index contributed by atoms with van der Waals surface area (Å²) in [4.78, 5) is 22.8. The molecule has 0 bridgehead atoms. The van der Waals surface area contributed by atoms with Crippen molar-refractivity contribution in [1.29, 1.82) is 5.26 Å². The maximum Gasteiger partial charge on any atom is 0.306 e. The molecule has 0 radical (unpaired) electrons. The second-order valence-electron chi connectivity index (χ2n) is 4.10. The summed E-state index contributed by atoms with van der Waals surface area (Å²) in [5.74, 6) is -1.46. The van der Waals surface area contributed by atoms with Crippen LogP contribution in [0.3, 0.4) is 0 Å². The van der Waals surface area contributed by atoms with Gasteiger partial charge in [-0.3, -0.25) is 9.59 Å². The summed E-state index contributed by atoms with van der Waals surface area (Å²) in [6, 6.07) is 4.30. The van der Waals surface area contributed by atoms with E-state index in [1.165, 1.54) is 13.0 Å². The van der Waals surface area contributed by atoms with Crippen LogP contribution >= 0.6 is 0 Å². The number of nitrogens with zero attached hydrogens (tertiary/aromatic N) is 1. The van der Waals surface area contributed by atoms with E-state index in [0.29, 0.717) is 0 Å². The van der Waals surface area contributed by atoms with E-state index in [0.717, 1.165) is 6.07 Å². The van der Waals surface area contributed by atoms with Crippen molar-refractivity contribution in [1.82, 2.24) is 0 Å². The van der Waals surface area contributed by atoms with Crippen molar-refractivity contribution in [2.45, 2.75) is 26.7 Å². The van der Waals surface area contributed by atoms with E-state index in [2.05, 4.69) is 5.32 Å². The smallest absolute Gasteiger partial charge is 0.306 e. The molecule has 1 aromatic carbocycles.